The molecule has 0 spiro atoms. The first-order valence-corrected chi connectivity index (χ1v) is 8.94. The van der Waals surface area contributed by atoms with Crippen LogP contribution in [0.1, 0.15) is 23.1 Å². The predicted molar refractivity (Wildman–Crippen MR) is 95.3 cm³/mol. The molecular weight excluding hydrogens is 330 g/mol. The normalized spacial score (nSPS) is 16.0. The highest BCUT2D eigenvalue weighted by Gasteiger charge is 2.29. The molecule has 0 saturated carbocycles. The second kappa shape index (κ2) is 6.99. The van der Waals surface area contributed by atoms with E-state index >= 15 is 0 Å². The topological polar surface area (TPSA) is 54.0 Å². The third kappa shape index (κ3) is 3.91. The van der Waals surface area contributed by atoms with Crippen LogP contribution in [0.25, 0.3) is 0 Å². The molecule has 1 atom stereocenters. The maximum absolute atomic E-state index is 12.3. The first-order valence-electron chi connectivity index (χ1n) is 7.75. The third-order valence-corrected chi connectivity index (χ3v) is 5.62. The predicted octanol–water partition coefficient (Wildman–Crippen LogP) is 3.49. The third-order valence-electron chi connectivity index (χ3n) is 4.31. The minimum atomic E-state index is 0.0110. The van der Waals surface area contributed by atoms with Gasteiger partial charge < -0.3 is 10.6 Å². The van der Waals surface area contributed by atoms with Crippen LogP contribution < -0.4 is 10.6 Å². The number of benzene rings is 1. The first kappa shape index (κ1) is 16.4. The van der Waals surface area contributed by atoms with Gasteiger partial charge in [-0.05, 0) is 43.6 Å². The van der Waals surface area contributed by atoms with Crippen LogP contribution in [-0.2, 0) is 11.2 Å². The van der Waals surface area contributed by atoms with Crippen molar-refractivity contribution in [1.29, 1.82) is 0 Å². The lowest BCUT2D eigenvalue weighted by atomic mass is 9.88. The van der Waals surface area contributed by atoms with Crippen molar-refractivity contribution in [3.05, 3.63) is 45.4 Å². The molecule has 1 aliphatic heterocycles. The molecule has 2 heterocycles. The van der Waals surface area contributed by atoms with E-state index in [1.165, 1.54) is 0 Å². The monoisotopic (exact) mass is 349 g/mol. The van der Waals surface area contributed by atoms with Crippen LogP contribution in [0.4, 0.5) is 5.13 Å². The molecule has 122 valence electrons. The Morgan fingerprint density at radius 1 is 1.52 bits per heavy atom. The summed E-state index contributed by atoms with van der Waals surface area (Å²) in [6.45, 7) is 5.80. The van der Waals surface area contributed by atoms with E-state index in [-0.39, 0.29) is 11.8 Å². The van der Waals surface area contributed by atoms with E-state index in [0.29, 0.717) is 11.0 Å². The molecule has 0 aliphatic carbocycles. The van der Waals surface area contributed by atoms with Crippen LogP contribution in [0.3, 0.4) is 0 Å². The smallest absolute Gasteiger partial charge is 0.229 e. The van der Waals surface area contributed by atoms with E-state index in [9.17, 15) is 4.79 Å². The number of carbonyl (C=O) groups excluding carboxylic acids is 1. The second-order valence-electron chi connectivity index (χ2n) is 6.03. The number of nitrogens with zero attached hydrogens (tertiary/aromatic N) is 1. The number of halogens is 1. The Morgan fingerprint density at radius 2 is 2.30 bits per heavy atom. The first-order chi connectivity index (χ1) is 11.0. The largest absolute Gasteiger partial charge is 0.316 e. The van der Waals surface area contributed by atoms with Crippen molar-refractivity contribution in [1.82, 2.24) is 10.3 Å². The van der Waals surface area contributed by atoms with Crippen LogP contribution in [-0.4, -0.2) is 24.0 Å². The molecule has 0 bridgehead atoms. The zero-order valence-corrected chi connectivity index (χ0v) is 14.8. The number of rotatable bonds is 5. The van der Waals surface area contributed by atoms with E-state index in [0.717, 1.165) is 40.7 Å². The van der Waals surface area contributed by atoms with Crippen molar-refractivity contribution in [2.75, 3.05) is 18.4 Å². The number of amides is 1. The van der Waals surface area contributed by atoms with Gasteiger partial charge in [0.05, 0.1) is 5.69 Å². The van der Waals surface area contributed by atoms with Gasteiger partial charge in [0.25, 0.3) is 0 Å². The van der Waals surface area contributed by atoms with Gasteiger partial charge in [0.1, 0.15) is 0 Å². The van der Waals surface area contributed by atoms with Gasteiger partial charge in [-0.3, -0.25) is 4.79 Å². The Morgan fingerprint density at radius 3 is 2.96 bits per heavy atom. The van der Waals surface area contributed by atoms with Crippen molar-refractivity contribution in [3.8, 4) is 0 Å². The number of hydrogen-bond donors (Lipinski definition) is 2. The number of nitrogens with one attached hydrogen (secondary N) is 2. The van der Waals surface area contributed by atoms with Gasteiger partial charge in [0.15, 0.2) is 5.13 Å². The van der Waals surface area contributed by atoms with Crippen molar-refractivity contribution < 1.29 is 4.79 Å². The number of hydrogen-bond acceptors (Lipinski definition) is 4. The minimum Gasteiger partial charge on any atom is -0.316 e. The summed E-state index contributed by atoms with van der Waals surface area (Å²) >= 11 is 7.58. The summed E-state index contributed by atoms with van der Waals surface area (Å²) in [6, 6.07) is 7.83. The van der Waals surface area contributed by atoms with Crippen molar-refractivity contribution in [3.63, 3.8) is 0 Å². The Labute approximate surface area is 145 Å². The van der Waals surface area contributed by atoms with Crippen LogP contribution in [0.15, 0.2) is 24.3 Å². The molecule has 2 aromatic rings. The van der Waals surface area contributed by atoms with E-state index in [2.05, 4.69) is 21.7 Å². The molecule has 2 N–H and O–H groups in total. The van der Waals surface area contributed by atoms with Gasteiger partial charge in [0.2, 0.25) is 5.91 Å². The average Bonchev–Trinajstić information content (AvgIpc) is 2.76. The zero-order valence-electron chi connectivity index (χ0n) is 13.2. The maximum Gasteiger partial charge on any atom is 0.229 e. The van der Waals surface area contributed by atoms with Gasteiger partial charge >= 0.3 is 0 Å². The number of carbonyl (C=O) groups is 1. The van der Waals surface area contributed by atoms with Crippen LogP contribution in [0.5, 0.6) is 0 Å². The lowest BCUT2D eigenvalue weighted by Crippen LogP contribution is -2.48. The second-order valence-corrected chi connectivity index (χ2v) is 7.55. The van der Waals surface area contributed by atoms with Crippen LogP contribution >= 0.6 is 22.9 Å². The molecule has 1 aliphatic rings. The fourth-order valence-corrected chi connectivity index (χ4v) is 3.79. The molecule has 1 aromatic heterocycles. The van der Waals surface area contributed by atoms with Crippen molar-refractivity contribution in [2.45, 2.75) is 20.3 Å². The summed E-state index contributed by atoms with van der Waals surface area (Å²) in [7, 11) is 0. The van der Waals surface area contributed by atoms with Crippen molar-refractivity contribution in [2.24, 2.45) is 11.8 Å². The molecule has 23 heavy (non-hydrogen) atoms. The Bertz CT molecular complexity index is 712. The Hall–Kier alpha value is -1.43. The van der Waals surface area contributed by atoms with Gasteiger partial charge in [0, 0.05) is 22.2 Å². The van der Waals surface area contributed by atoms with E-state index in [1.807, 2.05) is 32.0 Å². The molecule has 1 unspecified atom stereocenters. The number of aryl methyl sites for hydroxylation is 1. The minimum absolute atomic E-state index is 0.0110. The molecule has 6 heteroatoms. The summed E-state index contributed by atoms with van der Waals surface area (Å²) < 4.78 is 0. The molecule has 1 fully saturated rings. The van der Waals surface area contributed by atoms with Gasteiger partial charge in [-0.25, -0.2) is 4.98 Å². The van der Waals surface area contributed by atoms with Gasteiger partial charge in [-0.1, -0.05) is 30.7 Å². The van der Waals surface area contributed by atoms with Gasteiger partial charge in [-0.2, -0.15) is 0 Å². The SMILES string of the molecule is Cc1nc(NC(=O)C(C)C2CNC2)sc1Cc1cccc(Cl)c1. The highest BCUT2D eigenvalue weighted by atomic mass is 35.5. The number of thiazole rings is 1. The number of anilines is 1. The van der Waals surface area contributed by atoms with E-state index < -0.39 is 0 Å². The summed E-state index contributed by atoms with van der Waals surface area (Å²) in [6.07, 6.45) is 0.780. The molecule has 1 amide bonds. The summed E-state index contributed by atoms with van der Waals surface area (Å²) in [4.78, 5) is 17.9. The quantitative estimate of drug-likeness (QED) is 0.868. The maximum atomic E-state index is 12.3. The summed E-state index contributed by atoms with van der Waals surface area (Å²) in [5.41, 5.74) is 2.11. The lowest BCUT2D eigenvalue weighted by molar-refractivity contribution is -0.121. The molecule has 3 rings (SSSR count). The fourth-order valence-electron chi connectivity index (χ4n) is 2.58. The Kier molecular flexibility index (Phi) is 4.99. The molecular formula is C17H20ClN3OS. The van der Waals surface area contributed by atoms with E-state index in [4.69, 9.17) is 11.6 Å². The summed E-state index contributed by atoms with van der Waals surface area (Å²) in [5, 5.41) is 7.59. The van der Waals surface area contributed by atoms with E-state index in [1.54, 1.807) is 11.3 Å². The zero-order chi connectivity index (χ0) is 16.4. The molecule has 4 nitrogen and oxygen atoms in total. The highest BCUT2D eigenvalue weighted by molar-refractivity contribution is 7.15. The summed E-state index contributed by atoms with van der Waals surface area (Å²) in [5.74, 6) is 0.499. The molecule has 0 radical (unpaired) electrons. The number of aromatic nitrogens is 1. The average molecular weight is 350 g/mol. The lowest BCUT2D eigenvalue weighted by Gasteiger charge is -2.31. The standard InChI is InChI=1S/C17H20ClN3OS/c1-10(13-8-19-9-13)16(22)21-17-20-11(2)15(23-17)7-12-4-3-5-14(18)6-12/h3-6,10,13,19H,7-9H2,1-2H3,(H,20,21,22). The highest BCUT2D eigenvalue weighted by Crippen LogP contribution is 2.27. The molecule has 1 aromatic carbocycles. The fraction of sp³-hybridized carbons (Fsp3) is 0.412. The Balaban J connectivity index is 1.67. The van der Waals surface area contributed by atoms with Gasteiger partial charge in [-0.15, -0.1) is 11.3 Å². The van der Waals surface area contributed by atoms with Crippen LogP contribution in [0.2, 0.25) is 5.02 Å². The molecule has 1 saturated heterocycles. The van der Waals surface area contributed by atoms with Crippen LogP contribution in [0, 0.1) is 18.8 Å². The van der Waals surface area contributed by atoms with Crippen molar-refractivity contribution >= 4 is 34.0 Å².